The first-order valence-electron chi connectivity index (χ1n) is 11.1. The van der Waals surface area contributed by atoms with Gasteiger partial charge in [0.15, 0.2) is 0 Å². The number of furan rings is 1. The summed E-state index contributed by atoms with van der Waals surface area (Å²) in [6.45, 7) is 9.44. The minimum Gasteiger partial charge on any atom is -0.467 e. The number of rotatable bonds is 8. The maximum atomic E-state index is 12.3. The molecule has 1 fully saturated rings. The predicted molar refractivity (Wildman–Crippen MR) is 127 cm³/mol. The van der Waals surface area contributed by atoms with Gasteiger partial charge in [-0.2, -0.15) is 5.10 Å². The number of benzene rings is 1. The van der Waals surface area contributed by atoms with E-state index in [0.29, 0.717) is 13.0 Å². The third-order valence-corrected chi connectivity index (χ3v) is 6.05. The number of nitrogens with one attached hydrogen (secondary N) is 1. The van der Waals surface area contributed by atoms with Crippen molar-refractivity contribution in [2.45, 2.75) is 26.8 Å². The van der Waals surface area contributed by atoms with E-state index in [9.17, 15) is 4.79 Å². The monoisotopic (exact) mass is 433 g/mol. The SMILES string of the molecule is Cc1cc(/C=N/NC(=O)CCN2CCN(c3ccccc3)CC2)c(C)n1Cc1ccco1. The molecule has 4 rings (SSSR count). The van der Waals surface area contributed by atoms with Crippen LogP contribution in [0.5, 0.6) is 0 Å². The highest BCUT2D eigenvalue weighted by Gasteiger charge is 2.17. The molecular formula is C25H31N5O2. The summed E-state index contributed by atoms with van der Waals surface area (Å²) in [5, 5.41) is 4.18. The van der Waals surface area contributed by atoms with Crippen molar-refractivity contribution in [3.05, 3.63) is 77.5 Å². The van der Waals surface area contributed by atoms with Crippen LogP contribution in [-0.2, 0) is 11.3 Å². The van der Waals surface area contributed by atoms with E-state index in [1.54, 1.807) is 12.5 Å². The number of aromatic nitrogens is 1. The Morgan fingerprint density at radius 1 is 1.09 bits per heavy atom. The smallest absolute Gasteiger partial charge is 0.241 e. The summed E-state index contributed by atoms with van der Waals surface area (Å²) in [6.07, 6.45) is 3.85. The summed E-state index contributed by atoms with van der Waals surface area (Å²) in [5.74, 6) is 0.851. The third-order valence-electron chi connectivity index (χ3n) is 6.05. The first-order chi connectivity index (χ1) is 15.6. The van der Waals surface area contributed by atoms with E-state index in [2.05, 4.69) is 62.1 Å². The number of hydrogen-bond donors (Lipinski definition) is 1. The number of aryl methyl sites for hydroxylation is 1. The quantitative estimate of drug-likeness (QED) is 0.437. The molecule has 0 unspecified atom stereocenters. The van der Waals surface area contributed by atoms with Gasteiger partial charge >= 0.3 is 0 Å². The zero-order chi connectivity index (χ0) is 22.3. The highest BCUT2D eigenvalue weighted by atomic mass is 16.3. The molecule has 0 radical (unpaired) electrons. The Balaban J connectivity index is 1.21. The fourth-order valence-corrected chi connectivity index (χ4v) is 4.12. The molecule has 0 aliphatic carbocycles. The highest BCUT2D eigenvalue weighted by molar-refractivity contribution is 5.84. The van der Waals surface area contributed by atoms with Crippen LogP contribution in [0, 0.1) is 13.8 Å². The topological polar surface area (TPSA) is 66.0 Å². The maximum absolute atomic E-state index is 12.3. The Kier molecular flexibility index (Phi) is 7.07. The van der Waals surface area contributed by atoms with Crippen molar-refractivity contribution in [3.8, 4) is 0 Å². The zero-order valence-electron chi connectivity index (χ0n) is 18.8. The van der Waals surface area contributed by atoms with Crippen LogP contribution in [0.2, 0.25) is 0 Å². The molecule has 0 spiro atoms. The summed E-state index contributed by atoms with van der Waals surface area (Å²) in [7, 11) is 0. The second kappa shape index (κ2) is 10.3. The summed E-state index contributed by atoms with van der Waals surface area (Å²) in [5.41, 5.74) is 7.15. The number of carbonyl (C=O) groups is 1. The van der Waals surface area contributed by atoms with Crippen LogP contribution < -0.4 is 10.3 Å². The van der Waals surface area contributed by atoms with Gasteiger partial charge in [-0.15, -0.1) is 0 Å². The molecule has 7 heteroatoms. The Morgan fingerprint density at radius 2 is 1.88 bits per heavy atom. The van der Waals surface area contributed by atoms with E-state index in [1.807, 2.05) is 25.1 Å². The van der Waals surface area contributed by atoms with Gasteiger partial charge in [0.1, 0.15) is 5.76 Å². The first-order valence-corrected chi connectivity index (χ1v) is 11.1. The molecule has 2 aromatic heterocycles. The average molecular weight is 434 g/mol. The molecule has 0 bridgehead atoms. The Morgan fingerprint density at radius 3 is 2.59 bits per heavy atom. The first kappa shape index (κ1) is 21.9. The van der Waals surface area contributed by atoms with Gasteiger partial charge in [-0.25, -0.2) is 5.43 Å². The van der Waals surface area contributed by atoms with Crippen LogP contribution in [0.25, 0.3) is 0 Å². The van der Waals surface area contributed by atoms with Gasteiger partial charge in [0, 0.05) is 61.8 Å². The van der Waals surface area contributed by atoms with Gasteiger partial charge in [-0.05, 0) is 44.2 Å². The lowest BCUT2D eigenvalue weighted by atomic mass is 10.2. The fourth-order valence-electron chi connectivity index (χ4n) is 4.12. The molecule has 1 N–H and O–H groups in total. The molecule has 1 saturated heterocycles. The Bertz CT molecular complexity index is 1030. The molecular weight excluding hydrogens is 402 g/mol. The van der Waals surface area contributed by atoms with Gasteiger partial charge in [0.2, 0.25) is 5.91 Å². The van der Waals surface area contributed by atoms with Crippen molar-refractivity contribution in [2.75, 3.05) is 37.6 Å². The van der Waals surface area contributed by atoms with Gasteiger partial charge < -0.3 is 13.9 Å². The molecule has 32 heavy (non-hydrogen) atoms. The predicted octanol–water partition coefficient (Wildman–Crippen LogP) is 3.41. The Hall–Kier alpha value is -3.32. The van der Waals surface area contributed by atoms with Crippen LogP contribution in [0.4, 0.5) is 5.69 Å². The largest absolute Gasteiger partial charge is 0.467 e. The van der Waals surface area contributed by atoms with E-state index < -0.39 is 0 Å². The molecule has 1 aliphatic rings. The molecule has 1 amide bonds. The van der Waals surface area contributed by atoms with E-state index in [1.165, 1.54) is 5.69 Å². The van der Waals surface area contributed by atoms with Gasteiger partial charge in [0.25, 0.3) is 0 Å². The second-order valence-corrected chi connectivity index (χ2v) is 8.20. The molecule has 168 valence electrons. The van der Waals surface area contributed by atoms with Crippen molar-refractivity contribution in [1.29, 1.82) is 0 Å². The van der Waals surface area contributed by atoms with Crippen molar-refractivity contribution >= 4 is 17.8 Å². The summed E-state index contributed by atoms with van der Waals surface area (Å²) < 4.78 is 7.63. The van der Waals surface area contributed by atoms with Gasteiger partial charge in [-0.1, -0.05) is 18.2 Å². The standard InChI is InChI=1S/C25H31N5O2/c1-20-17-22(21(2)30(20)19-24-9-6-16-32-24)18-26-27-25(31)10-11-28-12-14-29(15-13-28)23-7-4-3-5-8-23/h3-9,16-18H,10-15,19H2,1-2H3,(H,27,31)/b26-18+. The number of carbonyl (C=O) groups excluding carboxylic acids is 1. The minimum atomic E-state index is -0.0591. The lowest BCUT2D eigenvalue weighted by molar-refractivity contribution is -0.121. The molecule has 1 aliphatic heterocycles. The van der Waals surface area contributed by atoms with Crippen LogP contribution in [0.3, 0.4) is 0 Å². The molecule has 3 aromatic rings. The van der Waals surface area contributed by atoms with E-state index in [0.717, 1.165) is 55.4 Å². The Labute approximate surface area is 189 Å². The van der Waals surface area contributed by atoms with Crippen LogP contribution >= 0.6 is 0 Å². The summed E-state index contributed by atoms with van der Waals surface area (Å²) >= 11 is 0. The summed E-state index contributed by atoms with van der Waals surface area (Å²) in [6, 6.07) is 16.4. The number of hydrogen-bond acceptors (Lipinski definition) is 5. The molecule has 1 aromatic carbocycles. The molecule has 7 nitrogen and oxygen atoms in total. The average Bonchev–Trinajstić information content (AvgIpc) is 3.43. The van der Waals surface area contributed by atoms with Crippen LogP contribution in [-0.4, -0.2) is 54.3 Å². The number of amides is 1. The van der Waals surface area contributed by atoms with Gasteiger partial charge in [0.05, 0.1) is 19.0 Å². The lowest BCUT2D eigenvalue weighted by Crippen LogP contribution is -2.47. The fraction of sp³-hybridized carbons (Fsp3) is 0.360. The van der Waals surface area contributed by atoms with Crippen molar-refractivity contribution in [3.63, 3.8) is 0 Å². The number of nitrogens with zero attached hydrogens (tertiary/aromatic N) is 4. The second-order valence-electron chi connectivity index (χ2n) is 8.20. The van der Waals surface area contributed by atoms with Crippen LogP contribution in [0.1, 0.15) is 29.1 Å². The molecule has 0 saturated carbocycles. The summed E-state index contributed by atoms with van der Waals surface area (Å²) in [4.78, 5) is 17.0. The van der Waals surface area contributed by atoms with E-state index in [-0.39, 0.29) is 5.91 Å². The normalized spacial score (nSPS) is 14.9. The number of para-hydroxylation sites is 1. The van der Waals surface area contributed by atoms with E-state index in [4.69, 9.17) is 4.42 Å². The maximum Gasteiger partial charge on any atom is 0.241 e. The molecule has 3 heterocycles. The zero-order valence-corrected chi connectivity index (χ0v) is 18.8. The van der Waals surface area contributed by atoms with Crippen molar-refractivity contribution in [1.82, 2.24) is 14.9 Å². The van der Waals surface area contributed by atoms with Crippen molar-refractivity contribution < 1.29 is 9.21 Å². The highest BCUT2D eigenvalue weighted by Crippen LogP contribution is 2.17. The number of anilines is 1. The number of piperazine rings is 1. The third kappa shape index (κ3) is 5.48. The van der Waals surface area contributed by atoms with Crippen molar-refractivity contribution in [2.24, 2.45) is 5.10 Å². The minimum absolute atomic E-state index is 0.0591. The van der Waals surface area contributed by atoms with Gasteiger partial charge in [-0.3, -0.25) is 9.69 Å². The number of hydrazone groups is 1. The lowest BCUT2D eigenvalue weighted by Gasteiger charge is -2.36. The van der Waals surface area contributed by atoms with E-state index >= 15 is 0 Å². The molecule has 0 atom stereocenters. The van der Waals surface area contributed by atoms with Crippen LogP contribution in [0.15, 0.2) is 64.3 Å².